The molecule has 6 nitrogen and oxygen atoms in total. The lowest BCUT2D eigenvalue weighted by molar-refractivity contribution is -0.258. The molecule has 1 fully saturated rings. The Bertz CT molecular complexity index is 1490. The van der Waals surface area contributed by atoms with Gasteiger partial charge in [0.25, 0.3) is 8.32 Å². The van der Waals surface area contributed by atoms with Crippen LogP contribution in [0.1, 0.15) is 74.2 Å². The van der Waals surface area contributed by atoms with Gasteiger partial charge in [-0.05, 0) is 64.1 Å². The van der Waals surface area contributed by atoms with E-state index in [2.05, 4.69) is 135 Å². The molecule has 4 rings (SSSR count). The van der Waals surface area contributed by atoms with Gasteiger partial charge in [-0.2, -0.15) is 0 Å². The summed E-state index contributed by atoms with van der Waals surface area (Å²) in [5, 5.41) is 14.8. The predicted octanol–water partition coefficient (Wildman–Crippen LogP) is 8.90. The molecule has 0 aliphatic carbocycles. The highest BCUT2D eigenvalue weighted by Crippen LogP contribution is 2.41. The lowest BCUT2D eigenvalue weighted by Crippen LogP contribution is -2.67. The van der Waals surface area contributed by atoms with Crippen molar-refractivity contribution in [1.29, 1.82) is 0 Å². The summed E-state index contributed by atoms with van der Waals surface area (Å²) < 4.78 is 32.6. The van der Waals surface area contributed by atoms with Crippen molar-refractivity contribution in [3.8, 4) is 5.75 Å². The molecule has 1 aliphatic rings. The molecule has 6 atom stereocenters. The number of methoxy groups -OCH3 is 1. The Morgan fingerprint density at radius 1 is 0.843 bits per heavy atom. The molecule has 0 saturated carbocycles. The smallest absolute Gasteiger partial charge is 0.261 e. The molecule has 1 aliphatic heterocycles. The molecule has 1 N–H and O–H groups in total. The molecule has 0 radical (unpaired) electrons. The molecule has 0 amide bonds. The van der Waals surface area contributed by atoms with E-state index < -0.39 is 29.0 Å². The maximum absolute atomic E-state index is 12.4. The van der Waals surface area contributed by atoms with Gasteiger partial charge in [0.2, 0.25) is 0 Å². The average Bonchev–Trinajstić information content (AvgIpc) is 3.09. The number of aliphatic hydroxyl groups excluding tert-OH is 1. The van der Waals surface area contributed by atoms with Crippen LogP contribution in [0.2, 0.25) is 23.2 Å². The average molecular weight is 733 g/mol. The summed E-state index contributed by atoms with van der Waals surface area (Å²) >= 11 is 0. The number of rotatable bonds is 14. The van der Waals surface area contributed by atoms with Gasteiger partial charge in [-0.15, -0.1) is 0 Å². The lowest BCUT2D eigenvalue weighted by Gasteiger charge is -2.46. The van der Waals surface area contributed by atoms with E-state index in [0.29, 0.717) is 19.8 Å². The Balaban J connectivity index is 1.73. The van der Waals surface area contributed by atoms with E-state index in [1.54, 1.807) is 7.11 Å². The van der Waals surface area contributed by atoms with E-state index in [9.17, 15) is 5.11 Å². The van der Waals surface area contributed by atoms with Gasteiger partial charge in [-0.1, -0.05) is 134 Å². The van der Waals surface area contributed by atoms with Gasteiger partial charge in [-0.3, -0.25) is 0 Å². The van der Waals surface area contributed by atoms with Crippen molar-refractivity contribution in [2.45, 2.75) is 104 Å². The summed E-state index contributed by atoms with van der Waals surface area (Å²) in [6, 6.07) is 29.2. The zero-order chi connectivity index (χ0) is 37.6. The van der Waals surface area contributed by atoms with Crippen LogP contribution in [0.25, 0.3) is 0 Å². The molecule has 0 aromatic heterocycles. The molecule has 0 bridgehead atoms. The first-order chi connectivity index (χ1) is 23.9. The topological polar surface area (TPSA) is 66.4 Å². The van der Waals surface area contributed by atoms with Gasteiger partial charge in [0.15, 0.2) is 14.6 Å². The molecule has 1 unspecified atom stereocenters. The van der Waals surface area contributed by atoms with E-state index >= 15 is 0 Å². The van der Waals surface area contributed by atoms with Crippen LogP contribution in [0.5, 0.6) is 5.75 Å². The van der Waals surface area contributed by atoms with E-state index in [4.69, 9.17) is 23.1 Å². The normalized spacial score (nSPS) is 21.2. The van der Waals surface area contributed by atoms with E-state index in [-0.39, 0.29) is 33.9 Å². The van der Waals surface area contributed by atoms with Crippen LogP contribution in [0.4, 0.5) is 0 Å². The second kappa shape index (κ2) is 17.1. The SMILES string of the molecule is COc1ccc(C2OC[C@@H](C)[C@@H]([C@@H](CO[Si](c3ccccc3)(c3ccccc3)C(C)(C)C)[C@H](O)/C(C)=C/[C@@H](C)CO[Si](C)(C)C(C)(C)C)O2)cc1. The van der Waals surface area contributed by atoms with Crippen LogP contribution in [0.3, 0.4) is 0 Å². The third-order valence-electron chi connectivity index (χ3n) is 11.0. The lowest BCUT2D eigenvalue weighted by atomic mass is 9.84. The summed E-state index contributed by atoms with van der Waals surface area (Å²) in [5.74, 6) is 0.566. The van der Waals surface area contributed by atoms with Crippen molar-refractivity contribution >= 4 is 27.0 Å². The minimum atomic E-state index is -2.90. The van der Waals surface area contributed by atoms with Crippen molar-refractivity contribution in [2.24, 2.45) is 17.8 Å². The third kappa shape index (κ3) is 9.71. The maximum Gasteiger partial charge on any atom is 0.261 e. The van der Waals surface area contributed by atoms with Crippen LogP contribution < -0.4 is 15.1 Å². The van der Waals surface area contributed by atoms with Crippen molar-refractivity contribution in [3.63, 3.8) is 0 Å². The Hall–Kier alpha value is -2.57. The van der Waals surface area contributed by atoms with Crippen molar-refractivity contribution in [1.82, 2.24) is 0 Å². The predicted molar refractivity (Wildman–Crippen MR) is 215 cm³/mol. The highest BCUT2D eigenvalue weighted by atomic mass is 28.4. The van der Waals surface area contributed by atoms with Crippen LogP contribution >= 0.6 is 0 Å². The summed E-state index contributed by atoms with van der Waals surface area (Å²) in [4.78, 5) is 0. The molecular weight excluding hydrogens is 669 g/mol. The monoisotopic (exact) mass is 732 g/mol. The summed E-state index contributed by atoms with van der Waals surface area (Å²) in [6.45, 7) is 26.0. The van der Waals surface area contributed by atoms with Gasteiger partial charge in [0.1, 0.15) is 5.75 Å². The fourth-order valence-corrected chi connectivity index (χ4v) is 12.7. The third-order valence-corrected chi connectivity index (χ3v) is 20.5. The zero-order valence-corrected chi connectivity index (χ0v) is 35.2. The van der Waals surface area contributed by atoms with Crippen molar-refractivity contribution < 1.29 is 28.2 Å². The number of hydrogen-bond acceptors (Lipinski definition) is 6. The molecule has 280 valence electrons. The second-order valence-electron chi connectivity index (χ2n) is 17.1. The number of aliphatic hydroxyl groups is 1. The van der Waals surface area contributed by atoms with Crippen LogP contribution in [0.15, 0.2) is 96.6 Å². The quantitative estimate of drug-likeness (QED) is 0.132. The minimum absolute atomic E-state index is 0.0223. The zero-order valence-electron chi connectivity index (χ0n) is 33.2. The molecule has 1 heterocycles. The standard InChI is InChI=1S/C43H64O6Si2/c1-31(28-47-50(11,12)42(4,5)6)27-32(2)39(44)38(40-33(3)29-46-41(49-40)34-23-25-35(45-10)26-24-34)30-48-51(43(7,8)9,36-19-15-13-16-20-36)37-21-17-14-18-22-37/h13-27,31,33,38-41,44H,28-30H2,1-12H3/b32-27+/t31-,33-,38+,39-,40+,41?/m1/s1. The molecular formula is C43H64O6Si2. The van der Waals surface area contributed by atoms with Gasteiger partial charge in [-0.25, -0.2) is 0 Å². The first-order valence-electron chi connectivity index (χ1n) is 18.6. The van der Waals surface area contributed by atoms with Gasteiger partial charge < -0.3 is 28.2 Å². The minimum Gasteiger partial charge on any atom is -0.497 e. The second-order valence-corrected chi connectivity index (χ2v) is 26.2. The molecule has 8 heteroatoms. The maximum atomic E-state index is 12.4. The first kappa shape index (κ1) is 41.2. The number of hydrogen-bond donors (Lipinski definition) is 1. The summed E-state index contributed by atoms with van der Waals surface area (Å²) in [6.07, 6.45) is 0.473. The first-order valence-corrected chi connectivity index (χ1v) is 23.4. The number of ether oxygens (including phenoxy) is 3. The highest BCUT2D eigenvalue weighted by molar-refractivity contribution is 6.99. The highest BCUT2D eigenvalue weighted by Gasteiger charge is 2.51. The van der Waals surface area contributed by atoms with Crippen LogP contribution in [-0.2, 0) is 18.3 Å². The Kier molecular flexibility index (Phi) is 13.8. The van der Waals surface area contributed by atoms with Gasteiger partial charge in [0, 0.05) is 30.6 Å². The Morgan fingerprint density at radius 3 is 1.88 bits per heavy atom. The van der Waals surface area contributed by atoms with E-state index in [1.807, 2.05) is 31.2 Å². The molecule has 51 heavy (non-hydrogen) atoms. The van der Waals surface area contributed by atoms with Crippen molar-refractivity contribution in [2.75, 3.05) is 26.9 Å². The fourth-order valence-electron chi connectivity index (χ4n) is 6.95. The molecule has 3 aromatic rings. The largest absolute Gasteiger partial charge is 0.497 e. The Morgan fingerprint density at radius 2 is 1.39 bits per heavy atom. The number of benzene rings is 3. The van der Waals surface area contributed by atoms with Crippen LogP contribution in [-0.4, -0.2) is 60.9 Å². The van der Waals surface area contributed by atoms with E-state index in [1.165, 1.54) is 10.4 Å². The summed E-state index contributed by atoms with van der Waals surface area (Å²) in [5.41, 5.74) is 1.82. The summed E-state index contributed by atoms with van der Waals surface area (Å²) in [7, 11) is -3.15. The molecule has 0 spiro atoms. The van der Waals surface area contributed by atoms with Crippen LogP contribution in [0, 0.1) is 17.8 Å². The molecule has 1 saturated heterocycles. The van der Waals surface area contributed by atoms with Gasteiger partial charge >= 0.3 is 0 Å². The van der Waals surface area contributed by atoms with Gasteiger partial charge in [0.05, 0.1) is 25.9 Å². The molecule has 3 aromatic carbocycles. The van der Waals surface area contributed by atoms with E-state index in [0.717, 1.165) is 16.9 Å². The van der Waals surface area contributed by atoms with Crippen molar-refractivity contribution in [3.05, 3.63) is 102 Å². The fraction of sp³-hybridized carbons (Fsp3) is 0.535. The Labute approximate surface area is 310 Å².